The second-order valence-electron chi connectivity index (χ2n) is 4.07. The predicted octanol–water partition coefficient (Wildman–Crippen LogP) is 4.41. The summed E-state index contributed by atoms with van der Waals surface area (Å²) in [5.41, 5.74) is 0. The largest absolute Gasteiger partial charge is 0.460 e. The third-order valence-electron chi connectivity index (χ3n) is 2.48. The summed E-state index contributed by atoms with van der Waals surface area (Å²) in [6.45, 7) is 3.95. The maximum absolute atomic E-state index is 13.1. The molecule has 0 rings (SSSR count). The molecule has 0 atom stereocenters. The summed E-state index contributed by atoms with van der Waals surface area (Å²) in [6.07, 6.45) is -3.12. The van der Waals surface area contributed by atoms with Gasteiger partial charge in [0.1, 0.15) is 0 Å². The molecule has 0 amide bonds. The van der Waals surface area contributed by atoms with Crippen molar-refractivity contribution in [2.24, 2.45) is 0 Å². The van der Waals surface area contributed by atoms with Crippen molar-refractivity contribution in [3.05, 3.63) is 0 Å². The monoisotopic (exact) mass is 291 g/mol. The van der Waals surface area contributed by atoms with Crippen molar-refractivity contribution in [2.45, 2.75) is 51.6 Å². The van der Waals surface area contributed by atoms with Crippen LogP contribution in [-0.4, -0.2) is 35.1 Å². The first-order valence-corrected chi connectivity index (χ1v) is 6.33. The number of thiocarbonyl (C=S) groups is 1. The zero-order valence-corrected chi connectivity index (χ0v) is 11.3. The average molecular weight is 291 g/mol. The summed E-state index contributed by atoms with van der Waals surface area (Å²) in [5, 5.41) is 0. The second kappa shape index (κ2) is 7.21. The lowest BCUT2D eigenvalue weighted by Gasteiger charge is -2.30. The minimum atomic E-state index is -5.62. The molecule has 108 valence electrons. The van der Waals surface area contributed by atoms with E-state index in [1.54, 1.807) is 0 Å². The molecule has 0 aromatic carbocycles. The van der Waals surface area contributed by atoms with Gasteiger partial charge in [0.15, 0.2) is 4.99 Å². The summed E-state index contributed by atoms with van der Waals surface area (Å²) >= 11 is 4.34. The molecule has 1 nitrogen and oxygen atoms in total. The van der Waals surface area contributed by atoms with Gasteiger partial charge in [-0.2, -0.15) is 22.0 Å². The van der Waals surface area contributed by atoms with Gasteiger partial charge in [-0.1, -0.05) is 38.9 Å². The van der Waals surface area contributed by atoms with E-state index < -0.39 is 17.1 Å². The van der Waals surface area contributed by atoms with Crippen LogP contribution in [0.5, 0.6) is 0 Å². The van der Waals surface area contributed by atoms with E-state index in [0.717, 1.165) is 4.90 Å². The lowest BCUT2D eigenvalue weighted by atomic mass is 10.2. The van der Waals surface area contributed by atoms with Gasteiger partial charge in [-0.05, 0) is 12.8 Å². The van der Waals surface area contributed by atoms with Gasteiger partial charge < -0.3 is 4.90 Å². The lowest BCUT2D eigenvalue weighted by Crippen LogP contribution is -2.51. The van der Waals surface area contributed by atoms with Crippen LogP contribution >= 0.6 is 12.2 Å². The van der Waals surface area contributed by atoms with Crippen LogP contribution in [-0.2, 0) is 0 Å². The molecule has 0 saturated heterocycles. The number of halogens is 5. The van der Waals surface area contributed by atoms with Crippen molar-refractivity contribution in [3.63, 3.8) is 0 Å². The van der Waals surface area contributed by atoms with Crippen molar-refractivity contribution in [1.82, 2.24) is 4.90 Å². The number of alkyl halides is 5. The van der Waals surface area contributed by atoms with Gasteiger partial charge >= 0.3 is 12.1 Å². The molecule has 18 heavy (non-hydrogen) atoms. The first kappa shape index (κ1) is 17.5. The summed E-state index contributed by atoms with van der Waals surface area (Å²) in [7, 11) is 0. The molecule has 0 aliphatic rings. The van der Waals surface area contributed by atoms with Crippen molar-refractivity contribution < 1.29 is 22.0 Å². The first-order valence-electron chi connectivity index (χ1n) is 5.92. The SMILES string of the molecule is CCCCN(CCCC)C(=S)C(F)(F)C(F)(F)F. The van der Waals surface area contributed by atoms with Crippen molar-refractivity contribution >= 4 is 17.2 Å². The third-order valence-corrected chi connectivity index (χ3v) is 2.99. The molecule has 7 heteroatoms. The van der Waals surface area contributed by atoms with Crippen LogP contribution in [0.15, 0.2) is 0 Å². The Kier molecular flexibility index (Phi) is 7.02. The maximum atomic E-state index is 13.1. The fraction of sp³-hybridized carbons (Fsp3) is 0.909. The molecule has 0 fully saturated rings. The smallest absolute Gasteiger partial charge is 0.361 e. The molecular weight excluding hydrogens is 273 g/mol. The quantitative estimate of drug-likeness (QED) is 0.505. The van der Waals surface area contributed by atoms with Gasteiger partial charge in [-0.25, -0.2) is 0 Å². The Bertz CT molecular complexity index is 257. The Morgan fingerprint density at radius 2 is 1.33 bits per heavy atom. The summed E-state index contributed by atoms with van der Waals surface area (Å²) in [4.78, 5) is -0.326. The van der Waals surface area contributed by atoms with E-state index in [-0.39, 0.29) is 13.1 Å². The third kappa shape index (κ3) is 4.66. The van der Waals surface area contributed by atoms with E-state index in [0.29, 0.717) is 25.7 Å². The number of unbranched alkanes of at least 4 members (excludes halogenated alkanes) is 2. The van der Waals surface area contributed by atoms with E-state index in [1.165, 1.54) is 0 Å². The zero-order valence-electron chi connectivity index (χ0n) is 10.5. The Hall–Kier alpha value is -0.460. The van der Waals surface area contributed by atoms with Crippen LogP contribution in [0.3, 0.4) is 0 Å². The highest BCUT2D eigenvalue weighted by Crippen LogP contribution is 2.37. The Morgan fingerprint density at radius 3 is 1.61 bits per heavy atom. The molecule has 0 N–H and O–H groups in total. The van der Waals surface area contributed by atoms with Crippen LogP contribution in [0.4, 0.5) is 22.0 Å². The van der Waals surface area contributed by atoms with Crippen LogP contribution in [0.2, 0.25) is 0 Å². The molecule has 0 aliphatic carbocycles. The van der Waals surface area contributed by atoms with Crippen LogP contribution in [0.25, 0.3) is 0 Å². The molecule has 0 aromatic rings. The van der Waals surface area contributed by atoms with E-state index in [4.69, 9.17) is 0 Å². The Balaban J connectivity index is 4.82. The van der Waals surface area contributed by atoms with Gasteiger partial charge in [-0.3, -0.25) is 0 Å². The summed E-state index contributed by atoms with van der Waals surface area (Å²) < 4.78 is 62.9. The van der Waals surface area contributed by atoms with Crippen LogP contribution in [0.1, 0.15) is 39.5 Å². The molecule has 0 radical (unpaired) electrons. The molecule has 0 unspecified atom stereocenters. The predicted molar refractivity (Wildman–Crippen MR) is 65.0 cm³/mol. The van der Waals surface area contributed by atoms with E-state index in [2.05, 4.69) is 12.2 Å². The molecule has 0 aromatic heterocycles. The fourth-order valence-corrected chi connectivity index (χ4v) is 1.63. The minimum Gasteiger partial charge on any atom is -0.361 e. The molecule has 0 heterocycles. The maximum Gasteiger partial charge on any atom is 0.460 e. The van der Waals surface area contributed by atoms with Gasteiger partial charge in [-0.15, -0.1) is 0 Å². The van der Waals surface area contributed by atoms with E-state index >= 15 is 0 Å². The highest BCUT2D eigenvalue weighted by molar-refractivity contribution is 7.80. The van der Waals surface area contributed by atoms with Gasteiger partial charge in [0.05, 0.1) is 0 Å². The molecule has 0 spiro atoms. The highest BCUT2D eigenvalue weighted by Gasteiger charge is 2.61. The number of nitrogens with zero attached hydrogens (tertiary/aromatic N) is 1. The van der Waals surface area contributed by atoms with Crippen molar-refractivity contribution in [1.29, 1.82) is 0 Å². The van der Waals surface area contributed by atoms with E-state index in [1.807, 2.05) is 13.8 Å². The van der Waals surface area contributed by atoms with Crippen LogP contribution < -0.4 is 0 Å². The molecule has 0 bridgehead atoms. The number of rotatable bonds is 7. The standard InChI is InChI=1S/C11H18F5NS/c1-3-5-7-17(8-6-4-2)9(18)10(12,13)11(14,15)16/h3-8H2,1-2H3. The summed E-state index contributed by atoms with van der Waals surface area (Å²) in [6, 6.07) is 0. The van der Waals surface area contributed by atoms with Crippen molar-refractivity contribution in [3.8, 4) is 0 Å². The Morgan fingerprint density at radius 1 is 0.944 bits per heavy atom. The minimum absolute atomic E-state index is 0.140. The van der Waals surface area contributed by atoms with Gasteiger partial charge in [0.2, 0.25) is 0 Å². The lowest BCUT2D eigenvalue weighted by molar-refractivity contribution is -0.251. The molecule has 0 saturated carbocycles. The number of hydrogen-bond donors (Lipinski definition) is 0. The second-order valence-corrected chi connectivity index (χ2v) is 4.46. The van der Waals surface area contributed by atoms with Gasteiger partial charge in [0.25, 0.3) is 0 Å². The molecule has 0 aliphatic heterocycles. The fourth-order valence-electron chi connectivity index (χ4n) is 1.33. The molecular formula is C11H18F5NS. The zero-order chi connectivity index (χ0) is 14.4. The first-order chi connectivity index (χ1) is 8.18. The highest BCUT2D eigenvalue weighted by atomic mass is 32.1. The Labute approximate surface area is 109 Å². The van der Waals surface area contributed by atoms with Crippen LogP contribution in [0, 0.1) is 0 Å². The topological polar surface area (TPSA) is 3.24 Å². The summed E-state index contributed by atoms with van der Waals surface area (Å²) in [5.74, 6) is -4.93. The van der Waals surface area contributed by atoms with Crippen molar-refractivity contribution in [2.75, 3.05) is 13.1 Å². The van der Waals surface area contributed by atoms with E-state index in [9.17, 15) is 22.0 Å². The van der Waals surface area contributed by atoms with Gasteiger partial charge in [0, 0.05) is 13.1 Å². The average Bonchev–Trinajstić information content (AvgIpc) is 2.27. The number of hydrogen-bond acceptors (Lipinski definition) is 1. The normalized spacial score (nSPS) is 12.6.